The maximum absolute atomic E-state index is 13.3. The van der Waals surface area contributed by atoms with Gasteiger partial charge in [-0.15, -0.1) is 0 Å². The molecule has 0 unspecified atom stereocenters. The molecule has 1 aromatic rings. The van der Waals surface area contributed by atoms with Gasteiger partial charge in [-0.25, -0.2) is 8.78 Å². The Labute approximate surface area is 99.7 Å². The fraction of sp³-hybridized carbons (Fsp3) is 0.538. The van der Waals surface area contributed by atoms with Gasteiger partial charge in [-0.3, -0.25) is 0 Å². The summed E-state index contributed by atoms with van der Waals surface area (Å²) in [5.41, 5.74) is 0.253. The molecule has 17 heavy (non-hydrogen) atoms. The van der Waals surface area contributed by atoms with E-state index in [0.717, 1.165) is 19.3 Å². The molecule has 94 valence electrons. The van der Waals surface area contributed by atoms with Crippen LogP contribution >= 0.6 is 0 Å². The predicted octanol–water partition coefficient (Wildman–Crippen LogP) is 2.22. The topological polar surface area (TPSA) is 32.3 Å². The number of benzene rings is 1. The molecule has 0 aliphatic heterocycles. The molecule has 0 spiro atoms. The Bertz CT molecular complexity index is 371. The second kappa shape index (κ2) is 5.10. The van der Waals surface area contributed by atoms with E-state index in [1.165, 1.54) is 18.2 Å². The highest BCUT2D eigenvalue weighted by Crippen LogP contribution is 2.47. The van der Waals surface area contributed by atoms with Crippen LogP contribution in [0.2, 0.25) is 0 Å². The van der Waals surface area contributed by atoms with Crippen LogP contribution in [-0.2, 0) is 6.54 Å². The summed E-state index contributed by atoms with van der Waals surface area (Å²) in [5.74, 6) is -1.02. The van der Waals surface area contributed by atoms with E-state index in [0.29, 0.717) is 6.54 Å². The van der Waals surface area contributed by atoms with E-state index in [1.54, 1.807) is 0 Å². The lowest BCUT2D eigenvalue weighted by molar-refractivity contribution is 0.245. The molecule has 2 rings (SSSR count). The monoisotopic (exact) mass is 241 g/mol. The third-order valence-electron chi connectivity index (χ3n) is 3.46. The summed E-state index contributed by atoms with van der Waals surface area (Å²) in [6.45, 7) is 1.09. The van der Waals surface area contributed by atoms with Crippen molar-refractivity contribution in [2.45, 2.75) is 25.8 Å². The Morgan fingerprint density at radius 1 is 1.24 bits per heavy atom. The minimum atomic E-state index is -0.510. The Morgan fingerprint density at radius 2 is 1.88 bits per heavy atom. The number of halogens is 2. The van der Waals surface area contributed by atoms with Gasteiger partial charge in [0, 0.05) is 25.3 Å². The van der Waals surface area contributed by atoms with Crippen LogP contribution in [0.25, 0.3) is 0 Å². The van der Waals surface area contributed by atoms with Gasteiger partial charge in [0.25, 0.3) is 0 Å². The van der Waals surface area contributed by atoms with E-state index in [9.17, 15) is 8.78 Å². The van der Waals surface area contributed by atoms with Gasteiger partial charge in [0.15, 0.2) is 0 Å². The summed E-state index contributed by atoms with van der Waals surface area (Å²) >= 11 is 0. The number of hydrogen-bond acceptors (Lipinski definition) is 2. The van der Waals surface area contributed by atoms with Crippen molar-refractivity contribution in [1.82, 2.24) is 5.32 Å². The molecular formula is C13H17F2NO. The van der Waals surface area contributed by atoms with E-state index in [1.807, 2.05) is 0 Å². The third-order valence-corrected chi connectivity index (χ3v) is 3.46. The molecule has 2 N–H and O–H groups in total. The Morgan fingerprint density at radius 3 is 2.41 bits per heavy atom. The van der Waals surface area contributed by atoms with E-state index >= 15 is 0 Å². The van der Waals surface area contributed by atoms with Gasteiger partial charge in [-0.2, -0.15) is 0 Å². The van der Waals surface area contributed by atoms with Crippen molar-refractivity contribution >= 4 is 0 Å². The van der Waals surface area contributed by atoms with Crippen LogP contribution in [0.5, 0.6) is 0 Å². The molecule has 1 saturated carbocycles. The van der Waals surface area contributed by atoms with Crippen molar-refractivity contribution in [2.24, 2.45) is 5.41 Å². The molecule has 1 fully saturated rings. The van der Waals surface area contributed by atoms with Crippen LogP contribution in [0.1, 0.15) is 24.8 Å². The van der Waals surface area contributed by atoms with Crippen LogP contribution in [0, 0.1) is 17.0 Å². The van der Waals surface area contributed by atoms with Crippen molar-refractivity contribution in [3.05, 3.63) is 35.4 Å². The van der Waals surface area contributed by atoms with Crippen LogP contribution < -0.4 is 5.32 Å². The van der Waals surface area contributed by atoms with Crippen molar-refractivity contribution in [3.63, 3.8) is 0 Å². The molecule has 2 nitrogen and oxygen atoms in total. The van der Waals surface area contributed by atoms with Gasteiger partial charge < -0.3 is 10.4 Å². The first kappa shape index (κ1) is 12.5. The molecule has 0 atom stereocenters. The molecule has 0 saturated heterocycles. The largest absolute Gasteiger partial charge is 0.396 e. The summed E-state index contributed by atoms with van der Waals surface area (Å²) < 4.78 is 26.6. The van der Waals surface area contributed by atoms with E-state index < -0.39 is 11.6 Å². The van der Waals surface area contributed by atoms with Crippen molar-refractivity contribution < 1.29 is 13.9 Å². The zero-order chi connectivity index (χ0) is 12.3. The molecule has 0 bridgehead atoms. The van der Waals surface area contributed by atoms with Crippen LogP contribution in [0.4, 0.5) is 8.78 Å². The highest BCUT2D eigenvalue weighted by molar-refractivity contribution is 5.19. The minimum absolute atomic E-state index is 0.0901. The first-order chi connectivity index (χ1) is 8.17. The van der Waals surface area contributed by atoms with E-state index in [-0.39, 0.29) is 24.1 Å². The lowest BCUT2D eigenvalue weighted by atomic mass is 10.0. The Kier molecular flexibility index (Phi) is 3.74. The molecule has 0 aromatic heterocycles. The average Bonchev–Trinajstić information content (AvgIpc) is 3.03. The van der Waals surface area contributed by atoms with Crippen molar-refractivity contribution in [3.8, 4) is 0 Å². The van der Waals surface area contributed by atoms with Gasteiger partial charge in [0.1, 0.15) is 11.6 Å². The molecule has 1 aliphatic carbocycles. The smallest absolute Gasteiger partial charge is 0.130 e. The molecule has 0 amide bonds. The molecule has 0 heterocycles. The van der Waals surface area contributed by atoms with Crippen molar-refractivity contribution in [1.29, 1.82) is 0 Å². The lowest BCUT2D eigenvalue weighted by Crippen LogP contribution is -2.25. The van der Waals surface area contributed by atoms with Crippen LogP contribution in [-0.4, -0.2) is 18.3 Å². The van der Waals surface area contributed by atoms with Crippen molar-refractivity contribution in [2.75, 3.05) is 13.2 Å². The zero-order valence-corrected chi connectivity index (χ0v) is 9.68. The highest BCUT2D eigenvalue weighted by Gasteiger charge is 2.41. The zero-order valence-electron chi connectivity index (χ0n) is 9.68. The number of hydrogen-bond donors (Lipinski definition) is 2. The second-order valence-electron chi connectivity index (χ2n) is 4.78. The van der Waals surface area contributed by atoms with Crippen LogP contribution in [0.3, 0.4) is 0 Å². The average molecular weight is 241 g/mol. The highest BCUT2D eigenvalue weighted by atomic mass is 19.1. The van der Waals surface area contributed by atoms with E-state index in [2.05, 4.69) is 5.32 Å². The summed E-state index contributed by atoms with van der Waals surface area (Å²) in [7, 11) is 0. The second-order valence-corrected chi connectivity index (χ2v) is 4.78. The predicted molar refractivity (Wildman–Crippen MR) is 61.4 cm³/mol. The minimum Gasteiger partial charge on any atom is -0.396 e. The van der Waals surface area contributed by atoms with Gasteiger partial charge in [-0.05, 0) is 36.8 Å². The van der Waals surface area contributed by atoms with E-state index in [4.69, 9.17) is 5.11 Å². The maximum Gasteiger partial charge on any atom is 0.130 e. The fourth-order valence-electron chi connectivity index (χ4n) is 2.08. The normalized spacial score (nSPS) is 17.1. The molecular weight excluding hydrogens is 224 g/mol. The molecule has 1 aliphatic rings. The Hall–Kier alpha value is -1.00. The standard InChI is InChI=1S/C13H17F2NO/c14-11-2-1-3-12(15)10(11)8-16-9-13(4-5-13)6-7-17/h1-3,16-17H,4-9H2. The lowest BCUT2D eigenvalue weighted by Gasteiger charge is -2.15. The summed E-state index contributed by atoms with van der Waals surface area (Å²) in [4.78, 5) is 0. The summed E-state index contributed by atoms with van der Waals surface area (Å²) in [5, 5.41) is 12.0. The fourth-order valence-corrected chi connectivity index (χ4v) is 2.08. The van der Waals surface area contributed by atoms with Gasteiger partial charge in [0.2, 0.25) is 0 Å². The number of nitrogens with one attached hydrogen (secondary N) is 1. The summed E-state index contributed by atoms with van der Waals surface area (Å²) in [6, 6.07) is 3.89. The molecule has 0 radical (unpaired) electrons. The molecule has 1 aromatic carbocycles. The third kappa shape index (κ3) is 3.01. The number of aliphatic hydroxyl groups is 1. The SMILES string of the molecule is OCCC1(CNCc2c(F)cccc2F)CC1. The maximum atomic E-state index is 13.3. The number of rotatable bonds is 6. The van der Waals surface area contributed by atoms with Gasteiger partial charge in [0.05, 0.1) is 0 Å². The van der Waals surface area contributed by atoms with Gasteiger partial charge in [-0.1, -0.05) is 6.07 Å². The quantitative estimate of drug-likeness (QED) is 0.800. The first-order valence-electron chi connectivity index (χ1n) is 5.91. The number of aliphatic hydroxyl groups excluding tert-OH is 1. The van der Waals surface area contributed by atoms with Gasteiger partial charge >= 0.3 is 0 Å². The first-order valence-corrected chi connectivity index (χ1v) is 5.91. The Balaban J connectivity index is 1.86. The summed E-state index contributed by atoms with van der Waals surface area (Å²) in [6.07, 6.45) is 2.93. The molecule has 4 heteroatoms. The van der Waals surface area contributed by atoms with Crippen LogP contribution in [0.15, 0.2) is 18.2 Å².